The molecular formula is C12H26N4O2. The highest BCUT2D eigenvalue weighted by Gasteiger charge is 2.15. The van der Waals surface area contributed by atoms with Gasteiger partial charge in [-0.15, -0.1) is 0 Å². The van der Waals surface area contributed by atoms with Crippen molar-refractivity contribution < 1.29 is 9.47 Å². The molecule has 0 atom stereocenters. The molecular weight excluding hydrogens is 232 g/mol. The molecule has 6 heteroatoms. The van der Waals surface area contributed by atoms with Gasteiger partial charge in [-0.3, -0.25) is 10.4 Å². The van der Waals surface area contributed by atoms with Crippen molar-refractivity contribution in [3.05, 3.63) is 0 Å². The SMILES string of the molecule is COCCOCCCN=C(NN)NC1CCCC1. The number of nitrogens with one attached hydrogen (secondary N) is 2. The van der Waals surface area contributed by atoms with Gasteiger partial charge in [-0.05, 0) is 19.3 Å². The Morgan fingerprint density at radius 1 is 1.28 bits per heavy atom. The first-order valence-electron chi connectivity index (χ1n) is 6.71. The van der Waals surface area contributed by atoms with Crippen molar-refractivity contribution in [2.45, 2.75) is 38.1 Å². The molecule has 0 aromatic heterocycles. The van der Waals surface area contributed by atoms with Crippen LogP contribution in [0.3, 0.4) is 0 Å². The second-order valence-corrected chi connectivity index (χ2v) is 4.46. The predicted molar refractivity (Wildman–Crippen MR) is 72.3 cm³/mol. The van der Waals surface area contributed by atoms with Gasteiger partial charge in [-0.25, -0.2) is 5.84 Å². The van der Waals surface area contributed by atoms with Gasteiger partial charge in [0.1, 0.15) is 0 Å². The van der Waals surface area contributed by atoms with Crippen LogP contribution in [-0.4, -0.2) is 45.5 Å². The Morgan fingerprint density at radius 3 is 2.72 bits per heavy atom. The molecule has 0 unspecified atom stereocenters. The van der Waals surface area contributed by atoms with Crippen molar-refractivity contribution in [3.8, 4) is 0 Å². The van der Waals surface area contributed by atoms with E-state index in [1.807, 2.05) is 0 Å². The molecule has 0 bridgehead atoms. The van der Waals surface area contributed by atoms with Crippen molar-refractivity contribution in [3.63, 3.8) is 0 Å². The van der Waals surface area contributed by atoms with E-state index in [2.05, 4.69) is 15.7 Å². The zero-order chi connectivity index (χ0) is 13.1. The summed E-state index contributed by atoms with van der Waals surface area (Å²) < 4.78 is 10.2. The van der Waals surface area contributed by atoms with Gasteiger partial charge in [0, 0.05) is 26.3 Å². The monoisotopic (exact) mass is 258 g/mol. The predicted octanol–water partition coefficient (Wildman–Crippen LogP) is 0.391. The van der Waals surface area contributed by atoms with Crippen LogP contribution in [0.15, 0.2) is 4.99 Å². The number of guanidine groups is 1. The fraction of sp³-hybridized carbons (Fsp3) is 0.917. The first-order valence-corrected chi connectivity index (χ1v) is 6.71. The van der Waals surface area contributed by atoms with Crippen LogP contribution in [-0.2, 0) is 9.47 Å². The molecule has 0 heterocycles. The van der Waals surface area contributed by atoms with Gasteiger partial charge < -0.3 is 14.8 Å². The number of rotatable bonds is 8. The Hall–Kier alpha value is -0.850. The van der Waals surface area contributed by atoms with Gasteiger partial charge in [0.15, 0.2) is 0 Å². The highest BCUT2D eigenvalue weighted by Crippen LogP contribution is 2.17. The van der Waals surface area contributed by atoms with Gasteiger partial charge >= 0.3 is 0 Å². The van der Waals surface area contributed by atoms with Crippen molar-refractivity contribution >= 4 is 5.96 Å². The van der Waals surface area contributed by atoms with Crippen molar-refractivity contribution in [2.24, 2.45) is 10.8 Å². The Balaban J connectivity index is 2.05. The van der Waals surface area contributed by atoms with Crippen LogP contribution < -0.4 is 16.6 Å². The molecule has 1 aliphatic carbocycles. The second-order valence-electron chi connectivity index (χ2n) is 4.46. The van der Waals surface area contributed by atoms with Crippen LogP contribution in [0.25, 0.3) is 0 Å². The zero-order valence-corrected chi connectivity index (χ0v) is 11.3. The maximum Gasteiger partial charge on any atom is 0.205 e. The smallest absolute Gasteiger partial charge is 0.205 e. The number of nitrogens with two attached hydrogens (primary N) is 1. The lowest BCUT2D eigenvalue weighted by molar-refractivity contribution is 0.0702. The summed E-state index contributed by atoms with van der Waals surface area (Å²) >= 11 is 0. The summed E-state index contributed by atoms with van der Waals surface area (Å²) in [6, 6.07) is 0.526. The van der Waals surface area contributed by atoms with E-state index in [0.717, 1.165) is 6.42 Å². The second kappa shape index (κ2) is 10.1. The molecule has 0 spiro atoms. The highest BCUT2D eigenvalue weighted by molar-refractivity contribution is 5.79. The van der Waals surface area contributed by atoms with Gasteiger partial charge in [-0.1, -0.05) is 12.8 Å². The normalized spacial score (nSPS) is 17.1. The third-order valence-electron chi connectivity index (χ3n) is 2.98. The molecule has 1 rings (SSSR count). The molecule has 4 N–H and O–H groups in total. The number of methoxy groups -OCH3 is 1. The fourth-order valence-electron chi connectivity index (χ4n) is 2.00. The third kappa shape index (κ3) is 6.78. The van der Waals surface area contributed by atoms with E-state index in [0.29, 0.717) is 38.4 Å². The fourth-order valence-corrected chi connectivity index (χ4v) is 2.00. The summed E-state index contributed by atoms with van der Waals surface area (Å²) in [5, 5.41) is 3.33. The van der Waals surface area contributed by atoms with Crippen molar-refractivity contribution in [1.29, 1.82) is 0 Å². The first-order chi connectivity index (χ1) is 8.86. The zero-order valence-electron chi connectivity index (χ0n) is 11.3. The van der Waals surface area contributed by atoms with E-state index in [1.165, 1.54) is 25.7 Å². The van der Waals surface area contributed by atoms with Crippen molar-refractivity contribution in [1.82, 2.24) is 10.7 Å². The maximum absolute atomic E-state index is 5.44. The van der Waals surface area contributed by atoms with Crippen LogP contribution in [0.5, 0.6) is 0 Å². The minimum atomic E-state index is 0.526. The summed E-state index contributed by atoms with van der Waals surface area (Å²) in [6.07, 6.45) is 5.90. The third-order valence-corrected chi connectivity index (χ3v) is 2.98. The van der Waals surface area contributed by atoms with Gasteiger partial charge in [0.05, 0.1) is 13.2 Å². The number of ether oxygens (including phenoxy) is 2. The number of hydrazine groups is 1. The van der Waals surface area contributed by atoms with Crippen LogP contribution in [0.4, 0.5) is 0 Å². The molecule has 0 amide bonds. The molecule has 1 saturated carbocycles. The van der Waals surface area contributed by atoms with Crippen LogP contribution in [0.2, 0.25) is 0 Å². The van der Waals surface area contributed by atoms with Gasteiger partial charge in [0.25, 0.3) is 0 Å². The van der Waals surface area contributed by atoms with E-state index in [4.69, 9.17) is 15.3 Å². The number of nitrogens with zero attached hydrogens (tertiary/aromatic N) is 1. The summed E-state index contributed by atoms with van der Waals surface area (Å²) in [5.41, 5.74) is 2.62. The molecule has 1 aliphatic rings. The molecule has 18 heavy (non-hydrogen) atoms. The topological polar surface area (TPSA) is 80.9 Å². The molecule has 106 valence electrons. The Kier molecular flexibility index (Phi) is 8.54. The molecule has 0 aliphatic heterocycles. The molecule has 0 saturated heterocycles. The Morgan fingerprint density at radius 2 is 2.06 bits per heavy atom. The number of aliphatic imine (C=N–C) groups is 1. The molecule has 0 aromatic rings. The van der Waals surface area contributed by atoms with Gasteiger partial charge in [-0.2, -0.15) is 0 Å². The average Bonchev–Trinajstić information content (AvgIpc) is 2.89. The Labute approximate surface area is 109 Å². The van der Waals surface area contributed by atoms with Gasteiger partial charge in [0.2, 0.25) is 5.96 Å². The molecule has 0 radical (unpaired) electrons. The first kappa shape index (κ1) is 15.2. The molecule has 0 aromatic carbocycles. The number of hydrogen-bond donors (Lipinski definition) is 3. The van der Waals surface area contributed by atoms with E-state index >= 15 is 0 Å². The van der Waals surface area contributed by atoms with E-state index in [1.54, 1.807) is 7.11 Å². The lowest BCUT2D eigenvalue weighted by Crippen LogP contribution is -2.45. The molecule has 1 fully saturated rings. The lowest BCUT2D eigenvalue weighted by Gasteiger charge is -2.14. The quantitative estimate of drug-likeness (QED) is 0.193. The average molecular weight is 258 g/mol. The summed E-state index contributed by atoms with van der Waals surface area (Å²) in [6.45, 7) is 2.70. The van der Waals surface area contributed by atoms with Crippen molar-refractivity contribution in [2.75, 3.05) is 33.5 Å². The van der Waals surface area contributed by atoms with E-state index in [-0.39, 0.29) is 0 Å². The molecule has 6 nitrogen and oxygen atoms in total. The standard InChI is InChI=1S/C12H26N4O2/c1-17-9-10-18-8-4-7-14-12(16-13)15-11-5-2-3-6-11/h11H,2-10,13H2,1H3,(H2,14,15,16). The Bertz CT molecular complexity index is 230. The van der Waals surface area contributed by atoms with E-state index < -0.39 is 0 Å². The maximum atomic E-state index is 5.44. The van der Waals surface area contributed by atoms with Crippen LogP contribution in [0.1, 0.15) is 32.1 Å². The lowest BCUT2D eigenvalue weighted by atomic mass is 10.2. The highest BCUT2D eigenvalue weighted by atomic mass is 16.5. The van der Waals surface area contributed by atoms with E-state index in [9.17, 15) is 0 Å². The van der Waals surface area contributed by atoms with Crippen LogP contribution >= 0.6 is 0 Å². The summed E-state index contributed by atoms with van der Waals surface area (Å²) in [4.78, 5) is 4.38. The summed E-state index contributed by atoms with van der Waals surface area (Å²) in [7, 11) is 1.67. The minimum Gasteiger partial charge on any atom is -0.382 e. The summed E-state index contributed by atoms with van der Waals surface area (Å²) in [5.74, 6) is 6.13. The largest absolute Gasteiger partial charge is 0.382 e. The number of hydrogen-bond acceptors (Lipinski definition) is 4. The minimum absolute atomic E-state index is 0.526. The van der Waals surface area contributed by atoms with Crippen LogP contribution in [0, 0.1) is 0 Å².